The minimum absolute atomic E-state index is 0.902. The monoisotopic (exact) mass is 604 g/mol. The van der Waals surface area contributed by atoms with Crippen LogP contribution < -0.4 is 0 Å². The summed E-state index contributed by atoms with van der Waals surface area (Å²) in [5.74, 6) is 0. The van der Waals surface area contributed by atoms with Gasteiger partial charge in [-0.15, -0.1) is 11.3 Å². The van der Waals surface area contributed by atoms with Crippen molar-refractivity contribution in [2.45, 2.75) is 0 Å². The number of hydrogen-bond donors (Lipinski definition) is 0. The Hall–Kier alpha value is -5.84. The van der Waals surface area contributed by atoms with Gasteiger partial charge in [0.2, 0.25) is 0 Å². The minimum Gasteiger partial charge on any atom is -0.454 e. The molecule has 0 saturated carbocycles. The van der Waals surface area contributed by atoms with E-state index in [1.54, 1.807) is 0 Å². The number of aromatic nitrogens is 2. The third-order valence-electron chi connectivity index (χ3n) is 9.68. The lowest BCUT2D eigenvalue weighted by Gasteiger charge is -2.11. The Balaban J connectivity index is 1.45. The third kappa shape index (κ3) is 3.06. The highest BCUT2D eigenvalue weighted by atomic mass is 32.1. The van der Waals surface area contributed by atoms with E-state index in [-0.39, 0.29) is 0 Å². The number of furan rings is 1. The summed E-state index contributed by atoms with van der Waals surface area (Å²) in [4.78, 5) is 0. The van der Waals surface area contributed by atoms with Gasteiger partial charge < -0.3 is 13.6 Å². The van der Waals surface area contributed by atoms with Gasteiger partial charge in [-0.1, -0.05) is 91.0 Å². The van der Waals surface area contributed by atoms with E-state index in [0.29, 0.717) is 0 Å². The largest absolute Gasteiger partial charge is 0.454 e. The fraction of sp³-hybridized carbons (Fsp3) is 0. The maximum atomic E-state index is 6.90. The average molecular weight is 605 g/mol. The Bertz CT molecular complexity index is 3030. The number of hydrogen-bond acceptors (Lipinski definition) is 2. The van der Waals surface area contributed by atoms with Crippen LogP contribution in [0, 0.1) is 0 Å². The molecule has 0 fully saturated rings. The zero-order valence-electron chi connectivity index (χ0n) is 24.6. The van der Waals surface area contributed by atoms with Crippen LogP contribution in [0.2, 0.25) is 0 Å². The van der Waals surface area contributed by atoms with Crippen LogP contribution in [0.1, 0.15) is 0 Å². The average Bonchev–Trinajstić information content (AvgIpc) is 3.86. The summed E-state index contributed by atoms with van der Waals surface area (Å²) in [6.45, 7) is 0. The number of nitrogens with zero attached hydrogens (tertiary/aromatic N) is 2. The van der Waals surface area contributed by atoms with Crippen LogP contribution in [0.25, 0.3) is 97.1 Å². The van der Waals surface area contributed by atoms with E-state index >= 15 is 0 Å². The zero-order chi connectivity index (χ0) is 29.9. The first-order valence-corrected chi connectivity index (χ1v) is 16.4. The van der Waals surface area contributed by atoms with Crippen molar-refractivity contribution in [2.24, 2.45) is 0 Å². The van der Waals surface area contributed by atoms with E-state index in [1.807, 2.05) is 11.3 Å². The Labute approximate surface area is 266 Å². The molecule has 4 heteroatoms. The SMILES string of the molecule is c1ccc(-n2c3ccccc3c3c2c2oc4ccccc4c2c2c4ccccc4n(-c4ccc5sc6ccccc6c5c4)c23)cc1. The van der Waals surface area contributed by atoms with Crippen LogP contribution in [0.3, 0.4) is 0 Å². The molecule has 0 aliphatic carbocycles. The molecule has 0 aliphatic heterocycles. The maximum absolute atomic E-state index is 6.90. The summed E-state index contributed by atoms with van der Waals surface area (Å²) in [5, 5.41) is 9.76. The van der Waals surface area contributed by atoms with Gasteiger partial charge in [0.15, 0.2) is 5.58 Å². The molecule has 0 unspecified atom stereocenters. The van der Waals surface area contributed by atoms with Crippen LogP contribution >= 0.6 is 11.3 Å². The van der Waals surface area contributed by atoms with Crippen molar-refractivity contribution in [1.29, 1.82) is 0 Å². The maximum Gasteiger partial charge on any atom is 0.160 e. The molecule has 0 saturated heterocycles. The molecule has 0 N–H and O–H groups in total. The molecule has 3 nitrogen and oxygen atoms in total. The summed E-state index contributed by atoms with van der Waals surface area (Å²) >= 11 is 1.86. The molecule has 7 aromatic carbocycles. The lowest BCUT2D eigenvalue weighted by Crippen LogP contribution is -1.96. The highest BCUT2D eigenvalue weighted by Crippen LogP contribution is 2.49. The Morgan fingerprint density at radius 3 is 1.83 bits per heavy atom. The first-order valence-electron chi connectivity index (χ1n) is 15.6. The fourth-order valence-corrected chi connectivity index (χ4v) is 8.94. The van der Waals surface area contributed by atoms with Gasteiger partial charge in [0, 0.05) is 63.9 Å². The van der Waals surface area contributed by atoms with Gasteiger partial charge in [-0.3, -0.25) is 0 Å². The molecule has 0 aliphatic rings. The van der Waals surface area contributed by atoms with Gasteiger partial charge in [0.1, 0.15) is 5.58 Å². The van der Waals surface area contributed by atoms with Crippen molar-refractivity contribution in [3.8, 4) is 11.4 Å². The van der Waals surface area contributed by atoms with Crippen molar-refractivity contribution in [3.63, 3.8) is 0 Å². The van der Waals surface area contributed by atoms with Gasteiger partial charge in [-0.05, 0) is 54.6 Å². The number of thiophene rings is 1. The topological polar surface area (TPSA) is 23.0 Å². The highest BCUT2D eigenvalue weighted by molar-refractivity contribution is 7.25. The Morgan fingerprint density at radius 2 is 1.02 bits per heavy atom. The Kier molecular flexibility index (Phi) is 4.72. The summed E-state index contributed by atoms with van der Waals surface area (Å²) in [5.41, 5.74) is 8.75. The molecular formula is C42H24N2OS. The molecule has 214 valence electrons. The lowest BCUT2D eigenvalue weighted by molar-refractivity contribution is 0.671. The minimum atomic E-state index is 0.902. The molecular weight excluding hydrogens is 581 g/mol. The van der Waals surface area contributed by atoms with Crippen molar-refractivity contribution in [1.82, 2.24) is 9.13 Å². The molecule has 4 aromatic heterocycles. The van der Waals surface area contributed by atoms with E-state index < -0.39 is 0 Å². The second-order valence-electron chi connectivity index (χ2n) is 12.1. The van der Waals surface area contributed by atoms with E-state index in [0.717, 1.165) is 44.3 Å². The number of fused-ring (bicyclic) bond motifs is 15. The van der Waals surface area contributed by atoms with Crippen molar-refractivity contribution < 1.29 is 4.42 Å². The van der Waals surface area contributed by atoms with Gasteiger partial charge >= 0.3 is 0 Å². The number of para-hydroxylation sites is 4. The standard InChI is InChI=1S/C42H24N2OS/c1-2-12-25(13-3-1)43-33-19-9-5-16-29(33)39-40-37(38-30-17-6-10-20-34(30)45-42(38)41(39)43)28-15-4-8-18-32(28)44(40)26-22-23-36-31(24-26)27-14-7-11-21-35(27)46-36/h1-24H. The van der Waals surface area contributed by atoms with Gasteiger partial charge in [-0.2, -0.15) is 0 Å². The highest BCUT2D eigenvalue weighted by Gasteiger charge is 2.27. The molecule has 46 heavy (non-hydrogen) atoms. The van der Waals surface area contributed by atoms with Crippen LogP contribution in [0.4, 0.5) is 0 Å². The first kappa shape index (κ1) is 24.5. The van der Waals surface area contributed by atoms with E-state index in [1.165, 1.54) is 52.8 Å². The molecule has 0 atom stereocenters. The predicted molar refractivity (Wildman–Crippen MR) is 195 cm³/mol. The summed E-state index contributed by atoms with van der Waals surface area (Å²) in [6.07, 6.45) is 0. The molecule has 0 radical (unpaired) electrons. The van der Waals surface area contributed by atoms with Gasteiger partial charge in [0.05, 0.1) is 22.1 Å². The Morgan fingerprint density at radius 1 is 0.413 bits per heavy atom. The van der Waals surface area contributed by atoms with E-state index in [4.69, 9.17) is 4.42 Å². The van der Waals surface area contributed by atoms with Crippen LogP contribution in [0.5, 0.6) is 0 Å². The van der Waals surface area contributed by atoms with Crippen LogP contribution in [-0.2, 0) is 0 Å². The van der Waals surface area contributed by atoms with E-state index in [9.17, 15) is 0 Å². The first-order chi connectivity index (χ1) is 22.8. The predicted octanol–water partition coefficient (Wildman–Crippen LogP) is 12.1. The van der Waals surface area contributed by atoms with Crippen molar-refractivity contribution in [3.05, 3.63) is 146 Å². The molecule has 11 aromatic rings. The van der Waals surface area contributed by atoms with Crippen molar-refractivity contribution >= 4 is 97.1 Å². The third-order valence-corrected chi connectivity index (χ3v) is 10.8. The summed E-state index contributed by atoms with van der Waals surface area (Å²) < 4.78 is 14.4. The normalized spacial score (nSPS) is 12.3. The summed E-state index contributed by atoms with van der Waals surface area (Å²) in [7, 11) is 0. The van der Waals surface area contributed by atoms with Crippen molar-refractivity contribution in [2.75, 3.05) is 0 Å². The molecule has 4 heterocycles. The van der Waals surface area contributed by atoms with E-state index in [2.05, 4.69) is 155 Å². The van der Waals surface area contributed by atoms with Gasteiger partial charge in [0.25, 0.3) is 0 Å². The zero-order valence-corrected chi connectivity index (χ0v) is 25.4. The number of rotatable bonds is 2. The van der Waals surface area contributed by atoms with Crippen LogP contribution in [-0.4, -0.2) is 9.13 Å². The second kappa shape index (κ2) is 8.87. The molecule has 0 bridgehead atoms. The molecule has 0 amide bonds. The second-order valence-corrected chi connectivity index (χ2v) is 13.2. The number of benzene rings is 7. The lowest BCUT2D eigenvalue weighted by atomic mass is 10.0. The summed E-state index contributed by atoms with van der Waals surface area (Å²) in [6, 6.07) is 52.5. The smallest absolute Gasteiger partial charge is 0.160 e. The fourth-order valence-electron chi connectivity index (χ4n) is 7.85. The quantitative estimate of drug-likeness (QED) is 0.192. The van der Waals surface area contributed by atoms with Crippen LogP contribution in [0.15, 0.2) is 150 Å². The molecule has 11 rings (SSSR count). The van der Waals surface area contributed by atoms with Gasteiger partial charge in [-0.25, -0.2) is 0 Å². The molecule has 0 spiro atoms.